The number of nitrogens with two attached hydrogens (primary N) is 1. The van der Waals surface area contributed by atoms with Gasteiger partial charge in [0, 0.05) is 5.92 Å². The van der Waals surface area contributed by atoms with Gasteiger partial charge in [0.2, 0.25) is 11.8 Å². The van der Waals surface area contributed by atoms with Crippen molar-refractivity contribution in [1.82, 2.24) is 5.01 Å². The van der Waals surface area contributed by atoms with Crippen LogP contribution in [0.4, 0.5) is 0 Å². The average Bonchev–Trinajstić information content (AvgIpc) is 2.30. The van der Waals surface area contributed by atoms with E-state index in [4.69, 9.17) is 5.84 Å². The number of hydrogen-bond acceptors (Lipinski definition) is 3. The summed E-state index contributed by atoms with van der Waals surface area (Å²) in [6.45, 7) is 5.91. The highest BCUT2D eigenvalue weighted by atomic mass is 16.2. The van der Waals surface area contributed by atoms with Crippen molar-refractivity contribution in [1.29, 1.82) is 0 Å². The van der Waals surface area contributed by atoms with Gasteiger partial charge in [0.25, 0.3) is 0 Å². The molecule has 0 aromatic carbocycles. The van der Waals surface area contributed by atoms with Crippen LogP contribution >= 0.6 is 0 Å². The minimum Gasteiger partial charge on any atom is -0.273 e. The first kappa shape index (κ1) is 9.65. The average molecular weight is 196 g/mol. The predicted molar refractivity (Wildman–Crippen MR) is 50.7 cm³/mol. The number of amides is 2. The van der Waals surface area contributed by atoms with E-state index in [1.54, 1.807) is 0 Å². The second kappa shape index (κ2) is 2.37. The molecule has 4 heteroatoms. The summed E-state index contributed by atoms with van der Waals surface area (Å²) in [5.74, 6) is 4.96. The van der Waals surface area contributed by atoms with E-state index in [-0.39, 0.29) is 23.1 Å². The Kier molecular flexibility index (Phi) is 1.63. The Labute approximate surface area is 83.4 Å². The summed E-state index contributed by atoms with van der Waals surface area (Å²) in [5.41, 5.74) is -0.711. The monoisotopic (exact) mass is 196 g/mol. The largest absolute Gasteiger partial charge is 0.273 e. The highest BCUT2D eigenvalue weighted by Gasteiger charge is 2.64. The molecule has 2 fully saturated rings. The Bertz CT molecular complexity index is 324. The second-order valence-electron chi connectivity index (χ2n) is 5.16. The van der Waals surface area contributed by atoms with Gasteiger partial charge in [-0.25, -0.2) is 10.9 Å². The standard InChI is InChI=1S/C10H16N2O2/c1-9(2)6-4-5-10(9,3)8(14)12(11)7(6)13/h6H,4-5,11H2,1-3H3. The highest BCUT2D eigenvalue weighted by Crippen LogP contribution is 2.59. The molecule has 1 heterocycles. The first-order chi connectivity index (χ1) is 6.32. The molecule has 0 radical (unpaired) electrons. The second-order valence-corrected chi connectivity index (χ2v) is 5.16. The molecule has 2 atom stereocenters. The fourth-order valence-electron chi connectivity index (χ4n) is 2.85. The lowest BCUT2D eigenvalue weighted by Gasteiger charge is -2.46. The Balaban J connectivity index is 2.55. The summed E-state index contributed by atoms with van der Waals surface area (Å²) in [6, 6.07) is 0. The molecule has 14 heavy (non-hydrogen) atoms. The van der Waals surface area contributed by atoms with E-state index in [0.717, 1.165) is 17.9 Å². The lowest BCUT2D eigenvalue weighted by Crippen LogP contribution is -2.61. The number of rotatable bonds is 0. The molecule has 0 aromatic heterocycles. The number of piperidine rings is 1. The van der Waals surface area contributed by atoms with Crippen LogP contribution in [0.2, 0.25) is 0 Å². The topological polar surface area (TPSA) is 63.4 Å². The molecule has 78 valence electrons. The summed E-state index contributed by atoms with van der Waals surface area (Å²) in [4.78, 5) is 23.6. The first-order valence-corrected chi connectivity index (χ1v) is 4.95. The van der Waals surface area contributed by atoms with Crippen molar-refractivity contribution < 1.29 is 9.59 Å². The van der Waals surface area contributed by atoms with Gasteiger partial charge >= 0.3 is 0 Å². The fraction of sp³-hybridized carbons (Fsp3) is 0.800. The predicted octanol–water partition coefficient (Wildman–Crippen LogP) is 0.671. The van der Waals surface area contributed by atoms with Gasteiger partial charge in [-0.15, -0.1) is 0 Å². The zero-order valence-corrected chi connectivity index (χ0v) is 8.83. The molecular weight excluding hydrogens is 180 g/mol. The smallest absolute Gasteiger partial charge is 0.250 e. The number of imide groups is 1. The molecule has 1 aliphatic heterocycles. The van der Waals surface area contributed by atoms with Crippen molar-refractivity contribution in [3.05, 3.63) is 0 Å². The normalized spacial score (nSPS) is 40.6. The van der Waals surface area contributed by atoms with E-state index in [9.17, 15) is 9.59 Å². The number of hydrogen-bond donors (Lipinski definition) is 1. The quantitative estimate of drug-likeness (QED) is 0.352. The van der Waals surface area contributed by atoms with E-state index < -0.39 is 5.41 Å². The maximum Gasteiger partial charge on any atom is 0.250 e. The summed E-state index contributed by atoms with van der Waals surface area (Å²) >= 11 is 0. The van der Waals surface area contributed by atoms with Crippen molar-refractivity contribution in [3.63, 3.8) is 0 Å². The molecule has 1 saturated carbocycles. The van der Waals surface area contributed by atoms with E-state index in [0.29, 0.717) is 0 Å². The molecule has 4 nitrogen and oxygen atoms in total. The van der Waals surface area contributed by atoms with E-state index in [2.05, 4.69) is 0 Å². The minimum absolute atomic E-state index is 0.0878. The van der Waals surface area contributed by atoms with Crippen molar-refractivity contribution in [2.75, 3.05) is 0 Å². The summed E-state index contributed by atoms with van der Waals surface area (Å²) in [5, 5.41) is 0.822. The third-order valence-electron chi connectivity index (χ3n) is 4.45. The lowest BCUT2D eigenvalue weighted by atomic mass is 9.63. The summed E-state index contributed by atoms with van der Waals surface area (Å²) < 4.78 is 0. The van der Waals surface area contributed by atoms with Crippen LogP contribution in [-0.4, -0.2) is 16.8 Å². The number of fused-ring (bicyclic) bond motifs is 2. The van der Waals surface area contributed by atoms with Gasteiger partial charge in [-0.2, -0.15) is 0 Å². The van der Waals surface area contributed by atoms with E-state index in [1.807, 2.05) is 20.8 Å². The Hall–Kier alpha value is -0.900. The molecule has 2 aliphatic rings. The molecule has 0 aromatic rings. The molecular formula is C10H16N2O2. The maximum absolute atomic E-state index is 11.9. The van der Waals surface area contributed by atoms with Gasteiger partial charge in [-0.1, -0.05) is 20.8 Å². The number of nitrogens with zero attached hydrogens (tertiary/aromatic N) is 1. The van der Waals surface area contributed by atoms with Gasteiger partial charge in [0.15, 0.2) is 0 Å². The molecule has 2 unspecified atom stereocenters. The number of carbonyl (C=O) groups is 2. The Morgan fingerprint density at radius 3 is 2.50 bits per heavy atom. The molecule has 2 rings (SSSR count). The molecule has 0 spiro atoms. The Morgan fingerprint density at radius 1 is 1.36 bits per heavy atom. The third kappa shape index (κ3) is 0.780. The molecule has 2 amide bonds. The highest BCUT2D eigenvalue weighted by molar-refractivity contribution is 6.03. The molecule has 2 bridgehead atoms. The molecule has 1 aliphatic carbocycles. The van der Waals surface area contributed by atoms with Crippen LogP contribution in [0.5, 0.6) is 0 Å². The minimum atomic E-state index is -0.458. The van der Waals surface area contributed by atoms with E-state index >= 15 is 0 Å². The van der Waals surface area contributed by atoms with Crippen LogP contribution in [0, 0.1) is 16.7 Å². The van der Waals surface area contributed by atoms with Gasteiger partial charge < -0.3 is 0 Å². The zero-order chi connectivity index (χ0) is 10.7. The van der Waals surface area contributed by atoms with Crippen LogP contribution < -0.4 is 5.84 Å². The Morgan fingerprint density at radius 2 is 1.93 bits per heavy atom. The first-order valence-electron chi connectivity index (χ1n) is 4.95. The zero-order valence-electron chi connectivity index (χ0n) is 8.83. The van der Waals surface area contributed by atoms with Gasteiger partial charge in [-0.3, -0.25) is 9.59 Å². The third-order valence-corrected chi connectivity index (χ3v) is 4.45. The van der Waals surface area contributed by atoms with Crippen molar-refractivity contribution in [3.8, 4) is 0 Å². The van der Waals surface area contributed by atoms with Crippen molar-refractivity contribution in [2.24, 2.45) is 22.6 Å². The number of hydrazine groups is 1. The SMILES string of the molecule is CC12CCC(C(=O)N(N)C1=O)C2(C)C. The maximum atomic E-state index is 11.9. The van der Waals surface area contributed by atoms with E-state index in [1.165, 1.54) is 0 Å². The molecule has 2 N–H and O–H groups in total. The van der Waals surface area contributed by atoms with Crippen molar-refractivity contribution >= 4 is 11.8 Å². The summed E-state index contributed by atoms with van der Waals surface area (Å²) in [7, 11) is 0. The van der Waals surface area contributed by atoms with Crippen LogP contribution in [0.1, 0.15) is 33.6 Å². The van der Waals surface area contributed by atoms with Crippen LogP contribution in [0.25, 0.3) is 0 Å². The fourth-order valence-corrected chi connectivity index (χ4v) is 2.85. The van der Waals surface area contributed by atoms with Crippen LogP contribution in [0.15, 0.2) is 0 Å². The lowest BCUT2D eigenvalue weighted by molar-refractivity contribution is -0.168. The van der Waals surface area contributed by atoms with Crippen LogP contribution in [0.3, 0.4) is 0 Å². The van der Waals surface area contributed by atoms with Gasteiger partial charge in [0.1, 0.15) is 0 Å². The van der Waals surface area contributed by atoms with Crippen molar-refractivity contribution in [2.45, 2.75) is 33.6 Å². The summed E-state index contributed by atoms with van der Waals surface area (Å²) in [6.07, 6.45) is 1.55. The van der Waals surface area contributed by atoms with Gasteiger partial charge in [0.05, 0.1) is 5.41 Å². The number of carbonyl (C=O) groups excluding carboxylic acids is 2. The van der Waals surface area contributed by atoms with Crippen LogP contribution in [-0.2, 0) is 9.59 Å². The molecule has 1 saturated heterocycles. The van der Waals surface area contributed by atoms with Gasteiger partial charge in [-0.05, 0) is 18.3 Å².